The van der Waals surface area contributed by atoms with Crippen molar-refractivity contribution in [1.29, 1.82) is 0 Å². The molecule has 0 saturated heterocycles. The summed E-state index contributed by atoms with van der Waals surface area (Å²) in [6.45, 7) is 2.10. The maximum Gasteiger partial charge on any atom is 0.221 e. The van der Waals surface area contributed by atoms with Crippen molar-refractivity contribution in [3.8, 4) is 5.75 Å². The van der Waals surface area contributed by atoms with Gasteiger partial charge in [0.05, 0.1) is 11.8 Å². The zero-order chi connectivity index (χ0) is 20.1. The zero-order valence-electron chi connectivity index (χ0n) is 16.7. The fourth-order valence-electron chi connectivity index (χ4n) is 4.65. The van der Waals surface area contributed by atoms with Crippen LogP contribution < -0.4 is 4.74 Å². The lowest BCUT2D eigenvalue weighted by Crippen LogP contribution is -2.48. The van der Waals surface area contributed by atoms with Crippen LogP contribution in [0.3, 0.4) is 0 Å². The fourth-order valence-corrected chi connectivity index (χ4v) is 4.65. The van der Waals surface area contributed by atoms with E-state index in [9.17, 15) is 0 Å². The molecule has 0 radical (unpaired) electrons. The SMILES string of the molecule is C[C@]1(c2ccncc2)Oc2ccccc2[C@H]2CC(c3ccc4ccccc4c3)=NN21. The summed E-state index contributed by atoms with van der Waals surface area (Å²) in [5.74, 6) is 0.924. The van der Waals surface area contributed by atoms with Gasteiger partial charge in [-0.05, 0) is 40.6 Å². The first-order valence-corrected chi connectivity index (χ1v) is 10.3. The van der Waals surface area contributed by atoms with Gasteiger partial charge >= 0.3 is 0 Å². The molecule has 2 atom stereocenters. The Bertz CT molecular complexity index is 1280. The summed E-state index contributed by atoms with van der Waals surface area (Å²) in [6.07, 6.45) is 4.46. The number of ether oxygens (including phenoxy) is 1. The molecule has 0 fully saturated rings. The van der Waals surface area contributed by atoms with Crippen molar-refractivity contribution in [2.45, 2.75) is 25.1 Å². The molecule has 1 aromatic heterocycles. The van der Waals surface area contributed by atoms with Gasteiger partial charge in [0.2, 0.25) is 5.72 Å². The molecule has 3 aromatic carbocycles. The van der Waals surface area contributed by atoms with E-state index in [1.54, 1.807) is 0 Å². The quantitative estimate of drug-likeness (QED) is 0.443. The van der Waals surface area contributed by atoms with E-state index in [-0.39, 0.29) is 6.04 Å². The maximum atomic E-state index is 6.56. The summed E-state index contributed by atoms with van der Waals surface area (Å²) in [6, 6.07) is 27.5. The van der Waals surface area contributed by atoms with Crippen molar-refractivity contribution < 1.29 is 4.74 Å². The highest BCUT2D eigenvalue weighted by molar-refractivity contribution is 6.04. The normalized spacial score (nSPS) is 22.2. The number of para-hydroxylation sites is 1. The highest BCUT2D eigenvalue weighted by Gasteiger charge is 2.48. The molecule has 4 aromatic rings. The van der Waals surface area contributed by atoms with Gasteiger partial charge in [-0.1, -0.05) is 54.6 Å². The monoisotopic (exact) mass is 391 g/mol. The third-order valence-corrected chi connectivity index (χ3v) is 6.23. The predicted octanol–water partition coefficient (Wildman–Crippen LogP) is 5.65. The van der Waals surface area contributed by atoms with Gasteiger partial charge in [0, 0.05) is 36.9 Å². The minimum absolute atomic E-state index is 0.134. The van der Waals surface area contributed by atoms with Gasteiger partial charge in [0.25, 0.3) is 0 Å². The van der Waals surface area contributed by atoms with Crippen LogP contribution in [-0.2, 0) is 5.72 Å². The largest absolute Gasteiger partial charge is 0.462 e. The van der Waals surface area contributed by atoms with Crippen LogP contribution in [0.4, 0.5) is 0 Å². The van der Waals surface area contributed by atoms with Crippen molar-refractivity contribution >= 4 is 16.5 Å². The standard InChI is InChI=1S/C26H21N3O/c1-26(21-12-14-27-15-13-21)29-24(22-8-4-5-9-25(22)30-26)17-23(28-29)20-11-10-18-6-2-3-7-19(18)16-20/h2-16,24H,17H2,1H3/t24-,26-/m1/s1. The van der Waals surface area contributed by atoms with Gasteiger partial charge in [-0.2, -0.15) is 5.10 Å². The van der Waals surface area contributed by atoms with Gasteiger partial charge < -0.3 is 4.74 Å². The molecule has 6 rings (SSSR count). The average Bonchev–Trinajstić information content (AvgIpc) is 3.26. The minimum Gasteiger partial charge on any atom is -0.462 e. The summed E-state index contributed by atoms with van der Waals surface area (Å²) in [7, 11) is 0. The number of hydrogen-bond acceptors (Lipinski definition) is 4. The maximum absolute atomic E-state index is 6.56. The molecule has 0 N–H and O–H groups in total. The van der Waals surface area contributed by atoms with Gasteiger partial charge in [-0.3, -0.25) is 4.98 Å². The van der Waals surface area contributed by atoms with E-state index in [0.717, 1.165) is 29.0 Å². The van der Waals surface area contributed by atoms with Crippen LogP contribution >= 0.6 is 0 Å². The van der Waals surface area contributed by atoms with Crippen molar-refractivity contribution in [1.82, 2.24) is 9.99 Å². The van der Waals surface area contributed by atoms with Crippen LogP contribution in [0.15, 0.2) is 96.4 Å². The van der Waals surface area contributed by atoms with E-state index in [4.69, 9.17) is 9.84 Å². The molecule has 0 aliphatic carbocycles. The first-order chi connectivity index (χ1) is 14.7. The third kappa shape index (κ3) is 2.53. The van der Waals surface area contributed by atoms with Crippen molar-refractivity contribution in [2.75, 3.05) is 0 Å². The molecule has 0 spiro atoms. The predicted molar refractivity (Wildman–Crippen MR) is 118 cm³/mol. The summed E-state index contributed by atoms with van der Waals surface area (Å²) >= 11 is 0. The fraction of sp³-hybridized carbons (Fsp3) is 0.154. The molecule has 2 aliphatic heterocycles. The molecule has 30 heavy (non-hydrogen) atoms. The molecular formula is C26H21N3O. The lowest BCUT2D eigenvalue weighted by Gasteiger charge is -2.45. The Hall–Kier alpha value is -3.66. The van der Waals surface area contributed by atoms with Crippen LogP contribution in [0, 0.1) is 0 Å². The Kier molecular flexibility index (Phi) is 3.69. The molecule has 4 nitrogen and oxygen atoms in total. The van der Waals surface area contributed by atoms with E-state index in [2.05, 4.69) is 77.6 Å². The van der Waals surface area contributed by atoms with Gasteiger partial charge in [-0.25, -0.2) is 5.01 Å². The molecule has 146 valence electrons. The molecule has 2 aliphatic rings. The Morgan fingerprint density at radius 2 is 1.67 bits per heavy atom. The van der Waals surface area contributed by atoms with Gasteiger partial charge in [0.1, 0.15) is 5.75 Å². The highest BCUT2D eigenvalue weighted by atomic mass is 16.5. The number of nitrogens with zero attached hydrogens (tertiary/aromatic N) is 3. The Morgan fingerprint density at radius 3 is 2.53 bits per heavy atom. The molecule has 0 saturated carbocycles. The molecular weight excluding hydrogens is 370 g/mol. The van der Waals surface area contributed by atoms with Gasteiger partial charge in [0.15, 0.2) is 0 Å². The minimum atomic E-state index is -0.694. The van der Waals surface area contributed by atoms with Crippen LogP contribution in [-0.4, -0.2) is 15.7 Å². The van der Waals surface area contributed by atoms with Crippen molar-refractivity contribution in [3.05, 3.63) is 108 Å². The Balaban J connectivity index is 1.49. The van der Waals surface area contributed by atoms with Crippen LogP contribution in [0.25, 0.3) is 10.8 Å². The first kappa shape index (κ1) is 17.2. The lowest BCUT2D eigenvalue weighted by atomic mass is 9.92. The number of hydrazone groups is 1. The molecule has 0 bridgehead atoms. The van der Waals surface area contributed by atoms with Crippen molar-refractivity contribution in [2.24, 2.45) is 5.10 Å². The topological polar surface area (TPSA) is 37.7 Å². The third-order valence-electron chi connectivity index (χ3n) is 6.23. The average molecular weight is 391 g/mol. The van der Waals surface area contributed by atoms with Gasteiger partial charge in [-0.15, -0.1) is 0 Å². The molecule has 3 heterocycles. The van der Waals surface area contributed by atoms with Crippen LogP contribution in [0.2, 0.25) is 0 Å². The smallest absolute Gasteiger partial charge is 0.221 e. The molecule has 0 amide bonds. The van der Waals surface area contributed by atoms with Crippen LogP contribution in [0.5, 0.6) is 5.75 Å². The number of hydrogen-bond donors (Lipinski definition) is 0. The Labute approximate surface area is 175 Å². The number of benzene rings is 3. The molecule has 0 unspecified atom stereocenters. The van der Waals surface area contributed by atoms with E-state index >= 15 is 0 Å². The van der Waals surface area contributed by atoms with E-state index in [1.165, 1.54) is 16.3 Å². The molecule has 4 heteroatoms. The number of fused-ring (bicyclic) bond motifs is 4. The second kappa shape index (κ2) is 6.42. The van der Waals surface area contributed by atoms with Crippen molar-refractivity contribution in [3.63, 3.8) is 0 Å². The van der Waals surface area contributed by atoms with E-state index in [1.807, 2.05) is 30.6 Å². The van der Waals surface area contributed by atoms with Crippen LogP contribution in [0.1, 0.15) is 36.1 Å². The number of pyridine rings is 1. The highest BCUT2D eigenvalue weighted by Crippen LogP contribution is 2.50. The lowest BCUT2D eigenvalue weighted by molar-refractivity contribution is -0.112. The first-order valence-electron chi connectivity index (χ1n) is 10.3. The summed E-state index contributed by atoms with van der Waals surface area (Å²) in [5, 5.41) is 9.73. The second-order valence-electron chi connectivity index (χ2n) is 8.03. The van der Waals surface area contributed by atoms with E-state index < -0.39 is 5.72 Å². The summed E-state index contributed by atoms with van der Waals surface area (Å²) < 4.78 is 6.56. The number of aromatic nitrogens is 1. The second-order valence-corrected chi connectivity index (χ2v) is 8.03. The summed E-state index contributed by atoms with van der Waals surface area (Å²) in [5.41, 5.74) is 3.79. The Morgan fingerprint density at radius 1 is 0.900 bits per heavy atom. The number of rotatable bonds is 2. The van der Waals surface area contributed by atoms with E-state index in [0.29, 0.717) is 0 Å². The summed E-state index contributed by atoms with van der Waals surface area (Å²) in [4.78, 5) is 4.18. The zero-order valence-corrected chi connectivity index (χ0v) is 16.7.